The van der Waals surface area contributed by atoms with Crippen molar-refractivity contribution < 1.29 is 18.7 Å². The van der Waals surface area contributed by atoms with Crippen LogP contribution in [0.3, 0.4) is 0 Å². The van der Waals surface area contributed by atoms with E-state index in [4.69, 9.17) is 13.6 Å². The van der Waals surface area contributed by atoms with Crippen molar-refractivity contribution in [3.05, 3.63) is 0 Å². The first kappa shape index (κ1) is 8.65. The summed E-state index contributed by atoms with van der Waals surface area (Å²) in [4.78, 5) is 0. The molecule has 0 aromatic carbocycles. The van der Waals surface area contributed by atoms with E-state index in [1.54, 1.807) is 0 Å². The number of hydrogen-bond acceptors (Lipinski definition) is 4. The van der Waals surface area contributed by atoms with Gasteiger partial charge in [0.25, 0.3) is 0 Å². The van der Waals surface area contributed by atoms with Crippen molar-refractivity contribution >= 4 is 8.56 Å². The monoisotopic (exact) mass is 190 g/mol. The minimum atomic E-state index is -1.96. The highest BCUT2D eigenvalue weighted by atomic mass is 28.4. The Bertz CT molecular complexity index is 184. The Kier molecular flexibility index (Phi) is 2.00. The minimum Gasteiger partial charge on any atom is -0.392 e. The number of fused-ring (bicyclic) bond motifs is 1. The van der Waals surface area contributed by atoms with E-state index in [2.05, 4.69) is 0 Å². The molecule has 0 amide bonds. The first-order valence-corrected chi connectivity index (χ1v) is 7.01. The Hall–Kier alpha value is 0.0569. The van der Waals surface area contributed by atoms with Crippen molar-refractivity contribution in [1.82, 2.24) is 0 Å². The summed E-state index contributed by atoms with van der Waals surface area (Å²) >= 11 is 0. The molecular weight excluding hydrogens is 176 g/mol. The molecule has 1 N–H and O–H groups in total. The van der Waals surface area contributed by atoms with E-state index in [1.165, 1.54) is 0 Å². The maximum atomic E-state index is 9.47. The van der Waals surface area contributed by atoms with E-state index in [0.29, 0.717) is 13.2 Å². The van der Waals surface area contributed by atoms with Gasteiger partial charge in [-0.3, -0.25) is 0 Å². The van der Waals surface area contributed by atoms with Gasteiger partial charge in [-0.2, -0.15) is 0 Å². The molecule has 2 heterocycles. The molecule has 0 unspecified atom stereocenters. The SMILES string of the molecule is C[Si]1(C)OC[C@H]2OC[C@H](O)[C@@H]2O1. The predicted molar refractivity (Wildman–Crippen MR) is 44.1 cm³/mol. The Balaban J connectivity index is 2.07. The van der Waals surface area contributed by atoms with Gasteiger partial charge in [0.15, 0.2) is 0 Å². The lowest BCUT2D eigenvalue weighted by Gasteiger charge is -2.36. The third kappa shape index (κ3) is 1.43. The van der Waals surface area contributed by atoms with Crippen LogP contribution < -0.4 is 0 Å². The quantitative estimate of drug-likeness (QED) is 0.540. The lowest BCUT2D eigenvalue weighted by atomic mass is 10.2. The highest BCUT2D eigenvalue weighted by Crippen LogP contribution is 2.27. The van der Waals surface area contributed by atoms with Crippen LogP contribution in [0.25, 0.3) is 0 Å². The number of rotatable bonds is 0. The molecule has 0 aliphatic carbocycles. The molecule has 3 atom stereocenters. The summed E-state index contributed by atoms with van der Waals surface area (Å²) in [6.45, 7) is 4.91. The molecule has 0 saturated carbocycles. The molecule has 2 rings (SSSR count). The fourth-order valence-corrected chi connectivity index (χ4v) is 3.20. The molecule has 5 heteroatoms. The molecule has 2 aliphatic rings. The smallest absolute Gasteiger partial charge is 0.332 e. The average molecular weight is 190 g/mol. The molecule has 12 heavy (non-hydrogen) atoms. The summed E-state index contributed by atoms with van der Waals surface area (Å²) in [7, 11) is -1.96. The predicted octanol–water partition coefficient (Wildman–Crippen LogP) is -0.137. The second kappa shape index (κ2) is 2.78. The van der Waals surface area contributed by atoms with Crippen LogP contribution in [0.4, 0.5) is 0 Å². The number of ether oxygens (including phenoxy) is 1. The summed E-state index contributed by atoms with van der Waals surface area (Å²) in [5.74, 6) is 0. The van der Waals surface area contributed by atoms with E-state index in [0.717, 1.165) is 0 Å². The summed E-state index contributed by atoms with van der Waals surface area (Å²) in [6, 6.07) is 0. The van der Waals surface area contributed by atoms with Crippen LogP contribution in [0.1, 0.15) is 0 Å². The molecule has 4 nitrogen and oxygen atoms in total. The second-order valence-electron chi connectivity index (χ2n) is 3.73. The Morgan fingerprint density at radius 3 is 2.83 bits per heavy atom. The van der Waals surface area contributed by atoms with Crippen LogP contribution in [0, 0.1) is 0 Å². The van der Waals surface area contributed by atoms with Gasteiger partial charge in [-0.25, -0.2) is 0 Å². The van der Waals surface area contributed by atoms with Gasteiger partial charge in [0.05, 0.1) is 13.2 Å². The van der Waals surface area contributed by atoms with Gasteiger partial charge < -0.3 is 18.7 Å². The van der Waals surface area contributed by atoms with Crippen molar-refractivity contribution in [3.63, 3.8) is 0 Å². The van der Waals surface area contributed by atoms with Gasteiger partial charge in [0, 0.05) is 0 Å². The fourth-order valence-electron chi connectivity index (χ4n) is 1.60. The van der Waals surface area contributed by atoms with Gasteiger partial charge >= 0.3 is 8.56 Å². The summed E-state index contributed by atoms with van der Waals surface area (Å²) in [5.41, 5.74) is 0. The number of aliphatic hydroxyl groups excluding tert-OH is 1. The van der Waals surface area contributed by atoms with Crippen LogP contribution in [0.15, 0.2) is 0 Å². The van der Waals surface area contributed by atoms with Crippen molar-refractivity contribution in [2.75, 3.05) is 13.2 Å². The van der Waals surface area contributed by atoms with Crippen LogP contribution in [0.2, 0.25) is 13.1 Å². The minimum absolute atomic E-state index is 0.0551. The van der Waals surface area contributed by atoms with Crippen molar-refractivity contribution in [2.24, 2.45) is 0 Å². The molecule has 0 bridgehead atoms. The fraction of sp³-hybridized carbons (Fsp3) is 1.00. The molecule has 2 fully saturated rings. The standard InChI is InChI=1S/C7H14O4Si/c1-12(2)10-4-6-7(11-12)5(8)3-9-6/h5-8H,3-4H2,1-2H3/t5-,6+,7-/m0/s1. The lowest BCUT2D eigenvalue weighted by Crippen LogP contribution is -2.53. The van der Waals surface area contributed by atoms with E-state index < -0.39 is 14.7 Å². The maximum Gasteiger partial charge on any atom is 0.332 e. The van der Waals surface area contributed by atoms with E-state index >= 15 is 0 Å². The van der Waals surface area contributed by atoms with E-state index in [1.807, 2.05) is 13.1 Å². The van der Waals surface area contributed by atoms with Gasteiger partial charge in [0.1, 0.15) is 18.3 Å². The summed E-state index contributed by atoms with van der Waals surface area (Å²) in [6.07, 6.45) is -0.674. The molecule has 0 aromatic rings. The topological polar surface area (TPSA) is 47.9 Å². The summed E-state index contributed by atoms with van der Waals surface area (Å²) < 4.78 is 16.4. The average Bonchev–Trinajstić information content (AvgIpc) is 2.31. The number of hydrogen-bond donors (Lipinski definition) is 1. The second-order valence-corrected chi connectivity index (χ2v) is 7.06. The number of aliphatic hydroxyl groups is 1. The highest BCUT2D eigenvalue weighted by molar-refractivity contribution is 6.64. The highest BCUT2D eigenvalue weighted by Gasteiger charge is 2.46. The molecule has 0 spiro atoms. The zero-order valence-corrected chi connectivity index (χ0v) is 8.32. The van der Waals surface area contributed by atoms with Gasteiger partial charge in [-0.05, 0) is 13.1 Å². The normalized spacial score (nSPS) is 45.8. The van der Waals surface area contributed by atoms with Gasteiger partial charge in [0.2, 0.25) is 0 Å². The lowest BCUT2D eigenvalue weighted by molar-refractivity contribution is -0.0496. The third-order valence-electron chi connectivity index (χ3n) is 2.24. The van der Waals surface area contributed by atoms with Gasteiger partial charge in [-0.1, -0.05) is 0 Å². The molecule has 0 aromatic heterocycles. The zero-order valence-electron chi connectivity index (χ0n) is 7.32. The van der Waals surface area contributed by atoms with Crippen molar-refractivity contribution in [2.45, 2.75) is 31.4 Å². The van der Waals surface area contributed by atoms with Gasteiger partial charge in [-0.15, -0.1) is 0 Å². The summed E-state index contributed by atoms with van der Waals surface area (Å²) in [5, 5.41) is 9.47. The Morgan fingerprint density at radius 1 is 1.33 bits per heavy atom. The first-order chi connectivity index (χ1) is 5.58. The largest absolute Gasteiger partial charge is 0.392 e. The van der Waals surface area contributed by atoms with Crippen LogP contribution in [0.5, 0.6) is 0 Å². The Morgan fingerprint density at radius 2 is 2.08 bits per heavy atom. The van der Waals surface area contributed by atoms with Crippen LogP contribution in [-0.4, -0.2) is 45.2 Å². The van der Waals surface area contributed by atoms with Crippen molar-refractivity contribution in [3.8, 4) is 0 Å². The molecule has 2 saturated heterocycles. The molecule has 0 radical (unpaired) electrons. The van der Waals surface area contributed by atoms with E-state index in [9.17, 15) is 5.11 Å². The molecule has 2 aliphatic heterocycles. The molecule has 70 valence electrons. The molecular formula is C7H14O4Si. The third-order valence-corrected chi connectivity index (χ3v) is 3.94. The van der Waals surface area contributed by atoms with Crippen molar-refractivity contribution in [1.29, 1.82) is 0 Å². The van der Waals surface area contributed by atoms with E-state index in [-0.39, 0.29) is 12.2 Å². The Labute approximate surface area is 72.7 Å². The zero-order chi connectivity index (χ0) is 8.77. The van der Waals surface area contributed by atoms with Crippen LogP contribution >= 0.6 is 0 Å². The maximum absolute atomic E-state index is 9.47. The first-order valence-electron chi connectivity index (χ1n) is 4.20. The van der Waals surface area contributed by atoms with Crippen LogP contribution in [-0.2, 0) is 13.6 Å².